The standard InChI is InChI=1S/C14H15F3O/c15-11-5-9(6-12(16)13(11)17)14(18)10-4-7-1-2-8(10)3-7/h5-8,10,14,18H,1-4H2. The van der Waals surface area contributed by atoms with E-state index in [0.717, 1.165) is 31.4 Å². The zero-order valence-corrected chi connectivity index (χ0v) is 9.87. The van der Waals surface area contributed by atoms with Crippen LogP contribution in [0.3, 0.4) is 0 Å². The molecule has 0 spiro atoms. The highest BCUT2D eigenvalue weighted by molar-refractivity contribution is 5.23. The van der Waals surface area contributed by atoms with Crippen molar-refractivity contribution in [3.8, 4) is 0 Å². The van der Waals surface area contributed by atoms with Crippen LogP contribution in [0.5, 0.6) is 0 Å². The summed E-state index contributed by atoms with van der Waals surface area (Å²) in [5, 5.41) is 10.2. The molecule has 2 aliphatic rings. The molecule has 0 aliphatic heterocycles. The number of rotatable bonds is 2. The Morgan fingerprint density at radius 1 is 1.06 bits per heavy atom. The molecule has 2 fully saturated rings. The van der Waals surface area contributed by atoms with Crippen LogP contribution in [0.2, 0.25) is 0 Å². The number of halogens is 3. The van der Waals surface area contributed by atoms with Gasteiger partial charge >= 0.3 is 0 Å². The Hall–Kier alpha value is -1.03. The molecular formula is C14H15F3O. The maximum Gasteiger partial charge on any atom is 0.194 e. The fourth-order valence-corrected chi connectivity index (χ4v) is 3.67. The van der Waals surface area contributed by atoms with Crippen LogP contribution in [0, 0.1) is 35.2 Å². The van der Waals surface area contributed by atoms with E-state index in [1.54, 1.807) is 0 Å². The number of aliphatic hydroxyl groups is 1. The lowest BCUT2D eigenvalue weighted by molar-refractivity contribution is 0.0738. The van der Waals surface area contributed by atoms with Crippen molar-refractivity contribution in [2.24, 2.45) is 17.8 Å². The van der Waals surface area contributed by atoms with Crippen LogP contribution in [-0.2, 0) is 0 Å². The molecule has 2 bridgehead atoms. The third-order valence-corrected chi connectivity index (χ3v) is 4.55. The summed E-state index contributed by atoms with van der Waals surface area (Å²) < 4.78 is 39.2. The summed E-state index contributed by atoms with van der Waals surface area (Å²) in [4.78, 5) is 0. The van der Waals surface area contributed by atoms with Crippen molar-refractivity contribution < 1.29 is 18.3 Å². The van der Waals surface area contributed by atoms with Gasteiger partial charge in [-0.15, -0.1) is 0 Å². The van der Waals surface area contributed by atoms with Crippen molar-refractivity contribution >= 4 is 0 Å². The number of fused-ring (bicyclic) bond motifs is 2. The summed E-state index contributed by atoms with van der Waals surface area (Å²) in [6, 6.07) is 1.82. The summed E-state index contributed by atoms with van der Waals surface area (Å²) in [6.45, 7) is 0. The average molecular weight is 256 g/mol. The van der Waals surface area contributed by atoms with E-state index in [4.69, 9.17) is 0 Å². The molecule has 4 unspecified atom stereocenters. The van der Waals surface area contributed by atoms with Gasteiger partial charge in [0.25, 0.3) is 0 Å². The first-order valence-corrected chi connectivity index (χ1v) is 6.38. The molecule has 0 saturated heterocycles. The van der Waals surface area contributed by atoms with Gasteiger partial charge in [-0.25, -0.2) is 13.2 Å². The lowest BCUT2D eigenvalue weighted by atomic mass is 9.82. The maximum absolute atomic E-state index is 13.1. The second-order valence-electron chi connectivity index (χ2n) is 5.58. The summed E-state index contributed by atoms with van der Waals surface area (Å²) in [7, 11) is 0. The Morgan fingerprint density at radius 3 is 2.22 bits per heavy atom. The molecule has 0 heterocycles. The van der Waals surface area contributed by atoms with E-state index in [1.807, 2.05) is 0 Å². The minimum Gasteiger partial charge on any atom is -0.388 e. The number of hydrogen-bond acceptors (Lipinski definition) is 1. The first-order valence-electron chi connectivity index (χ1n) is 6.38. The van der Waals surface area contributed by atoms with Crippen molar-refractivity contribution in [1.82, 2.24) is 0 Å². The van der Waals surface area contributed by atoms with Crippen LogP contribution < -0.4 is 0 Å². The zero-order chi connectivity index (χ0) is 12.9. The van der Waals surface area contributed by atoms with E-state index in [-0.39, 0.29) is 11.5 Å². The van der Waals surface area contributed by atoms with Gasteiger partial charge in [-0.1, -0.05) is 6.42 Å². The molecule has 98 valence electrons. The minimum absolute atomic E-state index is 0.0630. The quantitative estimate of drug-likeness (QED) is 0.802. The Labute approximate surface area is 104 Å². The Kier molecular flexibility index (Phi) is 2.85. The first-order chi connectivity index (χ1) is 8.56. The summed E-state index contributed by atoms with van der Waals surface area (Å²) >= 11 is 0. The minimum atomic E-state index is -1.47. The molecule has 1 nitrogen and oxygen atoms in total. The highest BCUT2D eigenvalue weighted by Gasteiger charge is 2.43. The molecule has 2 aliphatic carbocycles. The molecular weight excluding hydrogens is 241 g/mol. The summed E-state index contributed by atoms with van der Waals surface area (Å²) in [5.74, 6) is -2.78. The van der Waals surface area contributed by atoms with Gasteiger partial charge in [0, 0.05) is 0 Å². The van der Waals surface area contributed by atoms with Gasteiger partial charge in [0.15, 0.2) is 17.5 Å². The SMILES string of the molecule is OC(c1cc(F)c(F)c(F)c1)C1CC2CCC1C2. The lowest BCUT2D eigenvalue weighted by Gasteiger charge is -2.27. The second-order valence-corrected chi connectivity index (χ2v) is 5.58. The van der Waals surface area contributed by atoms with Crippen LogP contribution >= 0.6 is 0 Å². The van der Waals surface area contributed by atoms with E-state index in [0.29, 0.717) is 11.8 Å². The van der Waals surface area contributed by atoms with Gasteiger partial charge in [0.05, 0.1) is 6.10 Å². The molecule has 4 atom stereocenters. The van der Waals surface area contributed by atoms with Crippen molar-refractivity contribution in [2.45, 2.75) is 31.8 Å². The molecule has 1 N–H and O–H groups in total. The predicted molar refractivity (Wildman–Crippen MR) is 60.2 cm³/mol. The largest absolute Gasteiger partial charge is 0.388 e. The van der Waals surface area contributed by atoms with E-state index >= 15 is 0 Å². The highest BCUT2D eigenvalue weighted by Crippen LogP contribution is 2.52. The van der Waals surface area contributed by atoms with E-state index < -0.39 is 23.6 Å². The van der Waals surface area contributed by atoms with E-state index in [1.165, 1.54) is 6.42 Å². The van der Waals surface area contributed by atoms with Crippen LogP contribution in [0.25, 0.3) is 0 Å². The Morgan fingerprint density at radius 2 is 1.72 bits per heavy atom. The van der Waals surface area contributed by atoms with Gasteiger partial charge in [-0.05, 0) is 54.7 Å². The number of hydrogen-bond donors (Lipinski definition) is 1. The Balaban J connectivity index is 1.86. The smallest absolute Gasteiger partial charge is 0.194 e. The number of benzene rings is 1. The van der Waals surface area contributed by atoms with Crippen molar-refractivity contribution in [3.05, 3.63) is 35.1 Å². The third-order valence-electron chi connectivity index (χ3n) is 4.55. The fourth-order valence-electron chi connectivity index (χ4n) is 3.67. The molecule has 0 radical (unpaired) electrons. The molecule has 1 aromatic carbocycles. The van der Waals surface area contributed by atoms with Crippen LogP contribution in [0.15, 0.2) is 12.1 Å². The van der Waals surface area contributed by atoms with Crippen LogP contribution in [-0.4, -0.2) is 5.11 Å². The van der Waals surface area contributed by atoms with Crippen molar-refractivity contribution in [1.29, 1.82) is 0 Å². The van der Waals surface area contributed by atoms with Gasteiger partial charge in [-0.3, -0.25) is 0 Å². The molecule has 0 aromatic heterocycles. The van der Waals surface area contributed by atoms with Gasteiger partial charge in [0.2, 0.25) is 0 Å². The fraction of sp³-hybridized carbons (Fsp3) is 0.571. The summed E-state index contributed by atoms with van der Waals surface area (Å²) in [6.07, 6.45) is 3.41. The zero-order valence-electron chi connectivity index (χ0n) is 9.87. The molecule has 2 saturated carbocycles. The second kappa shape index (κ2) is 4.26. The summed E-state index contributed by atoms with van der Waals surface area (Å²) in [5.41, 5.74) is 0.156. The molecule has 0 amide bonds. The topological polar surface area (TPSA) is 20.2 Å². The highest BCUT2D eigenvalue weighted by atomic mass is 19.2. The van der Waals surface area contributed by atoms with Crippen molar-refractivity contribution in [3.63, 3.8) is 0 Å². The molecule has 18 heavy (non-hydrogen) atoms. The lowest BCUT2D eigenvalue weighted by Crippen LogP contribution is -2.19. The van der Waals surface area contributed by atoms with Crippen molar-refractivity contribution in [2.75, 3.05) is 0 Å². The van der Waals surface area contributed by atoms with E-state index in [2.05, 4.69) is 0 Å². The average Bonchev–Trinajstić information content (AvgIpc) is 2.96. The predicted octanol–water partition coefficient (Wildman–Crippen LogP) is 3.57. The maximum atomic E-state index is 13.1. The third kappa shape index (κ3) is 1.83. The monoisotopic (exact) mass is 256 g/mol. The van der Waals surface area contributed by atoms with Gasteiger partial charge < -0.3 is 5.11 Å². The normalized spacial score (nSPS) is 31.9. The van der Waals surface area contributed by atoms with Gasteiger partial charge in [0.1, 0.15) is 0 Å². The molecule has 1 aromatic rings. The van der Waals surface area contributed by atoms with E-state index in [9.17, 15) is 18.3 Å². The van der Waals surface area contributed by atoms with Gasteiger partial charge in [-0.2, -0.15) is 0 Å². The van der Waals surface area contributed by atoms with Crippen LogP contribution in [0.1, 0.15) is 37.4 Å². The molecule has 3 rings (SSSR count). The Bertz CT molecular complexity index is 451. The van der Waals surface area contributed by atoms with Crippen LogP contribution in [0.4, 0.5) is 13.2 Å². The first kappa shape index (κ1) is 12.0. The molecule has 4 heteroatoms. The number of aliphatic hydroxyl groups excluding tert-OH is 1.